The second-order valence-electron chi connectivity index (χ2n) is 4.03. The first-order valence-electron chi connectivity index (χ1n) is 5.84. The Hall–Kier alpha value is -0.140. The van der Waals surface area contributed by atoms with E-state index in [4.69, 9.17) is 11.6 Å². The summed E-state index contributed by atoms with van der Waals surface area (Å²) in [6.45, 7) is 3.77. The average Bonchev–Trinajstić information content (AvgIpc) is 2.70. The molecule has 1 rings (SSSR count). The van der Waals surface area contributed by atoms with Gasteiger partial charge in [-0.05, 0) is 25.1 Å². The number of sulfonamides is 1. The van der Waals surface area contributed by atoms with Gasteiger partial charge in [0.1, 0.15) is 0 Å². The van der Waals surface area contributed by atoms with Crippen molar-refractivity contribution in [3.05, 3.63) is 21.3 Å². The van der Waals surface area contributed by atoms with Crippen LogP contribution in [0.1, 0.15) is 18.2 Å². The van der Waals surface area contributed by atoms with Crippen LogP contribution in [0.25, 0.3) is 0 Å². The summed E-state index contributed by atoms with van der Waals surface area (Å²) in [5, 5.41) is 3.09. The highest BCUT2D eigenvalue weighted by Crippen LogP contribution is 2.23. The largest absolute Gasteiger partial charge is 0.316 e. The molecule has 0 atom stereocenters. The fraction of sp³-hybridized carbons (Fsp3) is 0.636. The van der Waals surface area contributed by atoms with Crippen molar-refractivity contribution in [2.24, 2.45) is 0 Å². The summed E-state index contributed by atoms with van der Waals surface area (Å²) >= 11 is 7.22. The van der Waals surface area contributed by atoms with Gasteiger partial charge < -0.3 is 5.32 Å². The lowest BCUT2D eigenvalue weighted by Crippen LogP contribution is -2.33. The summed E-state index contributed by atoms with van der Waals surface area (Å²) in [6, 6.07) is 3.64. The van der Waals surface area contributed by atoms with E-state index in [0.717, 1.165) is 17.8 Å². The molecule has 0 aliphatic carbocycles. The molecule has 0 bridgehead atoms. The molecule has 0 aromatic carbocycles. The van der Waals surface area contributed by atoms with Gasteiger partial charge in [0.15, 0.2) is 0 Å². The molecule has 7 heteroatoms. The first-order valence-corrected chi connectivity index (χ1v) is 8.65. The Morgan fingerprint density at radius 1 is 1.39 bits per heavy atom. The van der Waals surface area contributed by atoms with E-state index in [9.17, 15) is 8.42 Å². The first kappa shape index (κ1) is 15.9. The third-order valence-electron chi connectivity index (χ3n) is 2.45. The van der Waals surface area contributed by atoms with Gasteiger partial charge in [0.2, 0.25) is 10.0 Å². The van der Waals surface area contributed by atoms with Crippen LogP contribution in [0.2, 0.25) is 4.34 Å². The van der Waals surface area contributed by atoms with Crippen molar-refractivity contribution in [1.29, 1.82) is 0 Å². The maximum atomic E-state index is 12.0. The first-order chi connectivity index (χ1) is 8.45. The molecule has 1 heterocycles. The summed E-state index contributed by atoms with van der Waals surface area (Å²) in [4.78, 5) is 0.951. The molecule has 0 radical (unpaired) electrons. The Morgan fingerprint density at radius 2 is 2.11 bits per heavy atom. The van der Waals surface area contributed by atoms with Crippen molar-refractivity contribution in [2.75, 3.05) is 25.9 Å². The summed E-state index contributed by atoms with van der Waals surface area (Å²) in [7, 11) is -1.60. The van der Waals surface area contributed by atoms with Gasteiger partial charge in [-0.2, -0.15) is 4.31 Å². The molecule has 0 unspecified atom stereocenters. The minimum Gasteiger partial charge on any atom is -0.316 e. The Bertz CT molecular complexity index is 459. The van der Waals surface area contributed by atoms with Crippen LogP contribution >= 0.6 is 22.9 Å². The van der Waals surface area contributed by atoms with Crippen LogP contribution in [0.15, 0.2) is 12.1 Å². The van der Waals surface area contributed by atoms with Crippen LogP contribution in [0.3, 0.4) is 0 Å². The van der Waals surface area contributed by atoms with E-state index in [1.165, 1.54) is 15.6 Å². The molecule has 0 aliphatic rings. The number of hydrogen-bond acceptors (Lipinski definition) is 4. The van der Waals surface area contributed by atoms with Crippen LogP contribution in [0, 0.1) is 0 Å². The SMILES string of the molecule is CCCNCCS(=O)(=O)N(C)Cc1ccc(Cl)s1. The Morgan fingerprint density at radius 3 is 2.67 bits per heavy atom. The predicted octanol–water partition coefficient (Wildman–Crippen LogP) is 2.16. The lowest BCUT2D eigenvalue weighted by Gasteiger charge is -2.16. The molecule has 18 heavy (non-hydrogen) atoms. The second kappa shape index (κ2) is 7.45. The Kier molecular flexibility index (Phi) is 6.59. The number of nitrogens with zero attached hydrogens (tertiary/aromatic N) is 1. The lowest BCUT2D eigenvalue weighted by molar-refractivity contribution is 0.468. The van der Waals surface area contributed by atoms with Crippen molar-refractivity contribution in [1.82, 2.24) is 9.62 Å². The summed E-state index contributed by atoms with van der Waals surface area (Å²) in [6.07, 6.45) is 1.00. The van der Waals surface area contributed by atoms with E-state index in [1.54, 1.807) is 13.1 Å². The summed E-state index contributed by atoms with van der Waals surface area (Å²) in [5.74, 6) is 0.128. The third-order valence-corrected chi connectivity index (χ3v) is 5.46. The van der Waals surface area contributed by atoms with Gasteiger partial charge in [-0.3, -0.25) is 0 Å². The van der Waals surface area contributed by atoms with Crippen LogP contribution in [0.5, 0.6) is 0 Å². The monoisotopic (exact) mass is 310 g/mol. The lowest BCUT2D eigenvalue weighted by atomic mass is 10.5. The van der Waals surface area contributed by atoms with Gasteiger partial charge in [0, 0.05) is 25.0 Å². The van der Waals surface area contributed by atoms with E-state index in [1.807, 2.05) is 13.0 Å². The van der Waals surface area contributed by atoms with Crippen LogP contribution in [-0.4, -0.2) is 38.6 Å². The third kappa shape index (κ3) is 5.24. The van der Waals surface area contributed by atoms with E-state index < -0.39 is 10.0 Å². The molecule has 0 spiro atoms. The maximum Gasteiger partial charge on any atom is 0.215 e. The number of rotatable bonds is 8. The summed E-state index contributed by atoms with van der Waals surface area (Å²) in [5.41, 5.74) is 0. The Labute approximate surface area is 118 Å². The highest BCUT2D eigenvalue weighted by Gasteiger charge is 2.18. The fourth-order valence-corrected chi connectivity index (χ4v) is 3.69. The molecule has 104 valence electrons. The minimum atomic E-state index is -3.20. The average molecular weight is 311 g/mol. The molecule has 1 N–H and O–H groups in total. The molecule has 4 nitrogen and oxygen atoms in total. The van der Waals surface area contributed by atoms with Crippen molar-refractivity contribution in [2.45, 2.75) is 19.9 Å². The summed E-state index contributed by atoms with van der Waals surface area (Å²) < 4.78 is 26.0. The normalized spacial score (nSPS) is 12.2. The fourth-order valence-electron chi connectivity index (χ4n) is 1.41. The van der Waals surface area contributed by atoms with Crippen molar-refractivity contribution in [3.63, 3.8) is 0 Å². The van der Waals surface area contributed by atoms with E-state index in [0.29, 0.717) is 17.4 Å². The number of thiophene rings is 1. The zero-order valence-electron chi connectivity index (χ0n) is 10.6. The Balaban J connectivity index is 2.46. The smallest absolute Gasteiger partial charge is 0.215 e. The number of halogens is 1. The second-order valence-corrected chi connectivity index (χ2v) is 8.02. The molecular weight excluding hydrogens is 292 g/mol. The maximum absolute atomic E-state index is 12.0. The van der Waals surface area contributed by atoms with Crippen molar-refractivity contribution < 1.29 is 8.42 Å². The molecule has 0 saturated carbocycles. The molecule has 0 amide bonds. The van der Waals surface area contributed by atoms with E-state index in [2.05, 4.69) is 5.32 Å². The van der Waals surface area contributed by atoms with Gasteiger partial charge in [-0.15, -0.1) is 11.3 Å². The van der Waals surface area contributed by atoms with Gasteiger partial charge in [0.25, 0.3) is 0 Å². The van der Waals surface area contributed by atoms with Gasteiger partial charge in [-0.25, -0.2) is 8.42 Å². The molecular formula is C11H19ClN2O2S2. The number of nitrogens with one attached hydrogen (secondary N) is 1. The van der Waals surface area contributed by atoms with Crippen molar-refractivity contribution in [3.8, 4) is 0 Å². The highest BCUT2D eigenvalue weighted by atomic mass is 35.5. The van der Waals surface area contributed by atoms with Crippen LogP contribution < -0.4 is 5.32 Å². The van der Waals surface area contributed by atoms with E-state index in [-0.39, 0.29) is 5.75 Å². The van der Waals surface area contributed by atoms with Crippen LogP contribution in [-0.2, 0) is 16.6 Å². The van der Waals surface area contributed by atoms with E-state index >= 15 is 0 Å². The molecule has 0 saturated heterocycles. The minimum absolute atomic E-state index is 0.128. The quantitative estimate of drug-likeness (QED) is 0.749. The predicted molar refractivity (Wildman–Crippen MR) is 77.7 cm³/mol. The molecule has 0 fully saturated rings. The topological polar surface area (TPSA) is 49.4 Å². The zero-order chi connectivity index (χ0) is 13.6. The molecule has 1 aromatic heterocycles. The van der Waals surface area contributed by atoms with Gasteiger partial charge in [0.05, 0.1) is 10.1 Å². The zero-order valence-corrected chi connectivity index (χ0v) is 13.0. The molecule has 1 aromatic rings. The highest BCUT2D eigenvalue weighted by molar-refractivity contribution is 7.89. The van der Waals surface area contributed by atoms with Crippen molar-refractivity contribution >= 4 is 33.0 Å². The van der Waals surface area contributed by atoms with Gasteiger partial charge >= 0.3 is 0 Å². The number of hydrogen-bond donors (Lipinski definition) is 1. The standard InChI is InChI=1S/C11H19ClN2O2S2/c1-3-6-13-7-8-18(15,16)14(2)9-10-4-5-11(12)17-10/h4-5,13H,3,6-9H2,1-2H3. The van der Waals surface area contributed by atoms with Crippen LogP contribution in [0.4, 0.5) is 0 Å². The molecule has 0 aliphatic heterocycles. The van der Waals surface area contributed by atoms with Gasteiger partial charge in [-0.1, -0.05) is 18.5 Å².